The van der Waals surface area contributed by atoms with Crippen molar-refractivity contribution in [2.75, 3.05) is 33.5 Å². The molecule has 5 saturated heterocycles. The third kappa shape index (κ3) is 10.8. The second-order valence-corrected chi connectivity index (χ2v) is 25.9. The molecule has 9 aliphatic rings. The van der Waals surface area contributed by atoms with Crippen LogP contribution in [0.3, 0.4) is 0 Å². The molecule has 0 aromatic carbocycles. The minimum Gasteiger partial charge on any atom is -0.462 e. The van der Waals surface area contributed by atoms with Crippen molar-refractivity contribution >= 4 is 22.3 Å². The molecule has 454 valence electrons. The van der Waals surface area contributed by atoms with E-state index in [1.807, 2.05) is 39.0 Å². The zero-order valence-corrected chi connectivity index (χ0v) is 47.4. The first-order valence-corrected chi connectivity index (χ1v) is 28.9. The molecule has 26 atom stereocenters. The maximum absolute atomic E-state index is 14.6. The molecule has 0 aromatic heterocycles. The molecule has 26 heteroatoms. The highest BCUT2D eigenvalue weighted by Crippen LogP contribution is 2.76. The summed E-state index contributed by atoms with van der Waals surface area (Å²) in [4.78, 5) is 27.3. The van der Waals surface area contributed by atoms with E-state index in [0.717, 1.165) is 11.1 Å². The SMILES string of the molecule is CO[C@@H]1[C@@H](O)[C@H](O[C@@H]2[C@@H](O)[C@H](O[C@@H]3CO[C@@H](O[C@H]4[C@H](O[C@H]5CC[C@]6(C)[C@H]7CC[C@]89C(=O)O[C@@](C)(/C=C/C=C(C)C)[C@H]8[C@@H](OC(C)=O)C[C@@]9(C)C7=CC[C@H]6C5(C)C)OC[C@@H](OS(=O)(=O)O)[C@@H]4O)[C@H](O)[C@H]3O)OC[C@H]2O)O[C@H](CO)[C@H]1O. The van der Waals surface area contributed by atoms with Gasteiger partial charge in [0.25, 0.3) is 0 Å². The standard InChI is InChI=1S/C54H82O25S/c1-24(2)11-10-16-53(8)44-29(72-25(3)56)19-52(7)27-12-13-33-50(4,5)34(15-17-51(33,6)26(27)14-18-54(44,52)49(64)78-53)75-48-43(37(60)32(23-71-48)79-80(65,66)67)77-45-38(61)35(58)31(22-70-45)74-46-39(62)41(28(57)21-69-46)76-47-40(63)42(68-9)36(59)30(20-55)73-47/h10-12,16,26,28-48,55,57-63H,13-15,17-23H2,1-9H3,(H,65,66,67)/b16-10+/t26-,28+,29-,30+,31+,32+,33-,34-,35-,36+,37-,38+,39+,40+,41-,42-,43+,44+,45-,46-,47-,48-,51+,52-,53-,54+/m0/s1. The molecule has 9 N–H and O–H groups in total. The van der Waals surface area contributed by atoms with Crippen LogP contribution in [0.4, 0.5) is 0 Å². The van der Waals surface area contributed by atoms with Crippen LogP contribution in [0, 0.1) is 39.4 Å². The predicted molar refractivity (Wildman–Crippen MR) is 271 cm³/mol. The van der Waals surface area contributed by atoms with Crippen LogP contribution in [0.2, 0.25) is 0 Å². The van der Waals surface area contributed by atoms with Gasteiger partial charge in [0.15, 0.2) is 25.2 Å². The summed E-state index contributed by atoms with van der Waals surface area (Å²) in [5, 5.41) is 87.8. The molecule has 1 spiro atoms. The minimum atomic E-state index is -5.15. The number of ether oxygens (including phenoxy) is 11. The van der Waals surface area contributed by atoms with Gasteiger partial charge in [-0.3, -0.25) is 14.1 Å². The second kappa shape index (κ2) is 23.0. The monoisotopic (exact) mass is 1160 g/mol. The first kappa shape index (κ1) is 61.9. The van der Waals surface area contributed by atoms with Gasteiger partial charge in [-0.2, -0.15) is 8.42 Å². The van der Waals surface area contributed by atoms with Crippen LogP contribution in [0.25, 0.3) is 0 Å². The van der Waals surface area contributed by atoms with Crippen molar-refractivity contribution in [2.45, 2.75) is 216 Å². The summed E-state index contributed by atoms with van der Waals surface area (Å²) >= 11 is 0. The molecule has 8 fully saturated rings. The molecule has 3 saturated carbocycles. The lowest BCUT2D eigenvalue weighted by molar-refractivity contribution is -0.373. The van der Waals surface area contributed by atoms with Crippen LogP contribution in [-0.4, -0.2) is 222 Å². The number of aliphatic hydroxyl groups is 8. The van der Waals surface area contributed by atoms with Crippen LogP contribution in [-0.2, 0) is 76.3 Å². The summed E-state index contributed by atoms with van der Waals surface area (Å²) in [6.07, 6.45) is -17.4. The lowest BCUT2D eigenvalue weighted by Gasteiger charge is -2.63. The van der Waals surface area contributed by atoms with Gasteiger partial charge in [-0.1, -0.05) is 57.1 Å². The Morgan fingerprint density at radius 1 is 0.750 bits per heavy atom. The van der Waals surface area contributed by atoms with E-state index in [1.165, 1.54) is 14.0 Å². The third-order valence-electron chi connectivity index (χ3n) is 19.4. The second-order valence-electron chi connectivity index (χ2n) is 24.8. The fourth-order valence-corrected chi connectivity index (χ4v) is 16.1. The van der Waals surface area contributed by atoms with Crippen molar-refractivity contribution in [2.24, 2.45) is 39.4 Å². The molecule has 25 nitrogen and oxygen atoms in total. The van der Waals surface area contributed by atoms with Crippen molar-refractivity contribution in [1.82, 2.24) is 0 Å². The number of rotatable bonds is 15. The zero-order valence-electron chi connectivity index (χ0n) is 46.5. The fourth-order valence-electron chi connectivity index (χ4n) is 15.6. The van der Waals surface area contributed by atoms with Crippen LogP contribution < -0.4 is 0 Å². The predicted octanol–water partition coefficient (Wildman–Crippen LogP) is 0.00740. The number of allylic oxidation sites excluding steroid dienone is 5. The molecule has 9 rings (SSSR count). The van der Waals surface area contributed by atoms with Crippen molar-refractivity contribution in [3.8, 4) is 0 Å². The summed E-state index contributed by atoms with van der Waals surface area (Å²) < 4.78 is 103. The van der Waals surface area contributed by atoms with E-state index < -0.39 is 187 Å². The Morgan fingerprint density at radius 2 is 1.40 bits per heavy atom. The highest BCUT2D eigenvalue weighted by atomic mass is 32.3. The molecule has 5 aliphatic heterocycles. The number of aliphatic hydroxyl groups excluding tert-OH is 8. The summed E-state index contributed by atoms with van der Waals surface area (Å²) in [6, 6.07) is 0. The smallest absolute Gasteiger partial charge is 0.397 e. The number of hydrogen-bond acceptors (Lipinski definition) is 24. The van der Waals surface area contributed by atoms with Gasteiger partial charge in [0, 0.05) is 19.4 Å². The van der Waals surface area contributed by atoms with Gasteiger partial charge >= 0.3 is 22.3 Å². The average molecular weight is 1160 g/mol. The average Bonchev–Trinajstić information content (AvgIpc) is 3.78. The lowest BCUT2D eigenvalue weighted by Crippen LogP contribution is -2.64. The topological polar surface area (TPSA) is 361 Å². The van der Waals surface area contributed by atoms with Crippen LogP contribution in [0.15, 0.2) is 35.5 Å². The van der Waals surface area contributed by atoms with Gasteiger partial charge in [0.05, 0.1) is 43.9 Å². The van der Waals surface area contributed by atoms with Crippen molar-refractivity contribution in [1.29, 1.82) is 0 Å². The summed E-state index contributed by atoms with van der Waals surface area (Å²) in [5.41, 5.74) is -1.40. The Kier molecular flexibility index (Phi) is 17.8. The van der Waals surface area contributed by atoms with Gasteiger partial charge in [-0.05, 0) is 88.0 Å². The Morgan fingerprint density at radius 3 is 2.06 bits per heavy atom. The van der Waals surface area contributed by atoms with Crippen molar-refractivity contribution < 1.29 is 120 Å². The largest absolute Gasteiger partial charge is 0.462 e. The molecule has 0 unspecified atom stereocenters. The highest BCUT2D eigenvalue weighted by molar-refractivity contribution is 7.80. The van der Waals surface area contributed by atoms with E-state index in [4.69, 9.17) is 56.3 Å². The zero-order chi connectivity index (χ0) is 58.4. The number of cyclic esters (lactones) is 1. The van der Waals surface area contributed by atoms with Crippen LogP contribution in [0.1, 0.15) is 93.9 Å². The molecule has 0 aromatic rings. The van der Waals surface area contributed by atoms with Gasteiger partial charge in [0.2, 0.25) is 0 Å². The van der Waals surface area contributed by atoms with Crippen LogP contribution in [0.5, 0.6) is 0 Å². The van der Waals surface area contributed by atoms with Gasteiger partial charge in [0.1, 0.15) is 91.1 Å². The fraction of sp³-hybridized carbons (Fsp3) is 0.852. The molecule has 0 amide bonds. The van der Waals surface area contributed by atoms with E-state index in [2.05, 4.69) is 33.8 Å². The van der Waals surface area contributed by atoms with E-state index in [-0.39, 0.29) is 23.2 Å². The maximum Gasteiger partial charge on any atom is 0.397 e. The van der Waals surface area contributed by atoms with Gasteiger partial charge < -0.3 is 93.0 Å². The maximum atomic E-state index is 14.6. The molecular formula is C54H82O25S. The summed E-state index contributed by atoms with van der Waals surface area (Å²) in [7, 11) is -3.95. The molecule has 0 bridgehead atoms. The summed E-state index contributed by atoms with van der Waals surface area (Å²) in [5.74, 6) is -1.14. The Hall–Kier alpha value is -2.65. The van der Waals surface area contributed by atoms with E-state index in [1.54, 1.807) is 0 Å². The lowest BCUT2D eigenvalue weighted by atomic mass is 9.41. The summed E-state index contributed by atoms with van der Waals surface area (Å²) in [6.45, 7) is 13.5. The van der Waals surface area contributed by atoms with Crippen molar-refractivity contribution in [3.05, 3.63) is 35.5 Å². The Bertz CT molecular complexity index is 2470. The molecule has 4 aliphatic carbocycles. The highest BCUT2D eigenvalue weighted by Gasteiger charge is 2.79. The third-order valence-corrected chi connectivity index (χ3v) is 19.9. The number of carbonyl (C=O) groups excluding carboxylic acids is 2. The minimum absolute atomic E-state index is 0.0203. The first-order valence-electron chi connectivity index (χ1n) is 27.6. The van der Waals surface area contributed by atoms with Crippen molar-refractivity contribution in [3.63, 3.8) is 0 Å². The van der Waals surface area contributed by atoms with E-state index >= 15 is 0 Å². The van der Waals surface area contributed by atoms with Gasteiger partial charge in [-0.25, -0.2) is 4.18 Å². The van der Waals surface area contributed by atoms with Gasteiger partial charge in [-0.15, -0.1) is 0 Å². The first-order chi connectivity index (χ1) is 37.5. The van der Waals surface area contributed by atoms with E-state index in [9.17, 15) is 63.4 Å². The number of esters is 2. The number of hydrogen-bond donors (Lipinski definition) is 9. The Balaban J connectivity index is 0.900. The quantitative estimate of drug-likeness (QED) is 0.0451. The molecular weight excluding hydrogens is 1080 g/mol. The normalized spacial score (nSPS) is 49.2. The molecule has 5 heterocycles. The number of methoxy groups -OCH3 is 1. The Labute approximate surface area is 465 Å². The van der Waals surface area contributed by atoms with E-state index in [0.29, 0.717) is 38.5 Å². The number of fused-ring (bicyclic) bond motifs is 4. The molecule has 0 radical (unpaired) electrons. The van der Waals surface area contributed by atoms with Crippen LogP contribution >= 0.6 is 0 Å². The number of carbonyl (C=O) groups is 2. The molecule has 80 heavy (non-hydrogen) atoms.